The maximum Gasteiger partial charge on any atom is 0.186 e. The van der Waals surface area contributed by atoms with Gasteiger partial charge in [0.2, 0.25) is 0 Å². The fraction of sp³-hybridized carbons (Fsp3) is 0.846. The molecule has 5 unspecified atom stereocenters. The molecule has 1 aliphatic rings. The van der Waals surface area contributed by atoms with Gasteiger partial charge in [-0.25, -0.2) is 0 Å². The summed E-state index contributed by atoms with van der Waals surface area (Å²) in [6.07, 6.45) is -3.52. The number of hydrogen-bond donors (Lipinski definition) is 6. The maximum atomic E-state index is 9.76. The Balaban J connectivity index is 2.51. The minimum atomic E-state index is -1.50. The molecule has 0 radical (unpaired) electrons. The number of rotatable bonds is 7. The Kier molecular flexibility index (Phi) is 7.71. The highest BCUT2D eigenvalue weighted by Gasteiger charge is 2.44. The van der Waals surface area contributed by atoms with Crippen molar-refractivity contribution in [2.45, 2.75) is 56.2 Å². The second kappa shape index (κ2) is 8.76. The van der Waals surface area contributed by atoms with Crippen molar-refractivity contribution in [1.82, 2.24) is 0 Å². The number of hydrogen-bond acceptors (Lipinski definition) is 8. The van der Waals surface area contributed by atoms with Gasteiger partial charge in [0.25, 0.3) is 0 Å². The lowest BCUT2D eigenvalue weighted by molar-refractivity contribution is -0.302. The van der Waals surface area contributed by atoms with E-state index in [-0.39, 0.29) is 6.61 Å². The zero-order valence-corrected chi connectivity index (χ0v) is 11.9. The van der Waals surface area contributed by atoms with Crippen molar-refractivity contribution in [2.24, 2.45) is 5.73 Å². The van der Waals surface area contributed by atoms with E-state index in [2.05, 4.69) is 0 Å². The lowest BCUT2D eigenvalue weighted by Crippen LogP contribution is -2.59. The third-order valence-electron chi connectivity index (χ3n) is 3.31. The molecule has 0 aliphatic carbocycles. The van der Waals surface area contributed by atoms with Crippen molar-refractivity contribution in [2.75, 3.05) is 13.2 Å². The van der Waals surface area contributed by atoms with Gasteiger partial charge in [-0.1, -0.05) is 19.1 Å². The minimum absolute atomic E-state index is 0.127. The van der Waals surface area contributed by atoms with E-state index in [0.717, 1.165) is 6.42 Å². The zero-order valence-electron chi connectivity index (χ0n) is 11.9. The van der Waals surface area contributed by atoms with Crippen LogP contribution in [0.1, 0.15) is 13.3 Å². The maximum absolute atomic E-state index is 9.76. The second-order valence-corrected chi connectivity index (χ2v) is 5.02. The summed E-state index contributed by atoms with van der Waals surface area (Å²) in [6, 6.07) is -0.736. The lowest BCUT2D eigenvalue weighted by atomic mass is 9.99. The molecule has 21 heavy (non-hydrogen) atoms. The first-order valence-corrected chi connectivity index (χ1v) is 6.94. The van der Waals surface area contributed by atoms with E-state index in [1.165, 1.54) is 0 Å². The molecular formula is C13H25NO7. The Labute approximate surface area is 123 Å². The van der Waals surface area contributed by atoms with E-state index in [0.29, 0.717) is 0 Å². The van der Waals surface area contributed by atoms with Crippen molar-refractivity contribution in [1.29, 1.82) is 0 Å². The van der Waals surface area contributed by atoms with Crippen molar-refractivity contribution in [3.63, 3.8) is 0 Å². The first kappa shape index (κ1) is 18.5. The Morgan fingerprint density at radius 1 is 1.24 bits per heavy atom. The van der Waals surface area contributed by atoms with Gasteiger partial charge >= 0.3 is 0 Å². The molecule has 0 amide bonds. The van der Waals surface area contributed by atoms with Crippen LogP contribution in [0, 0.1) is 0 Å². The summed E-state index contributed by atoms with van der Waals surface area (Å²) in [5.41, 5.74) is 5.73. The predicted molar refractivity (Wildman–Crippen MR) is 73.1 cm³/mol. The van der Waals surface area contributed by atoms with E-state index in [1.54, 1.807) is 12.2 Å². The standard InChI is InChI=1S/C13H25NO7/c1-2-3-4-8(16)7(14)6-20-13-12(19)11(18)10(17)9(5-15)21-13/h3-4,7-13,15-19H,2,5-6,14H2,1H3/b4-3+/t7-,8+,9?,10?,11?,12?,13?/m0/s1. The van der Waals surface area contributed by atoms with E-state index in [4.69, 9.17) is 20.3 Å². The summed E-state index contributed by atoms with van der Waals surface area (Å²) < 4.78 is 10.4. The Bertz CT molecular complexity index is 326. The highest BCUT2D eigenvalue weighted by atomic mass is 16.7. The zero-order chi connectivity index (χ0) is 16.0. The van der Waals surface area contributed by atoms with Crippen LogP contribution in [0.5, 0.6) is 0 Å². The Morgan fingerprint density at radius 3 is 2.48 bits per heavy atom. The number of allylic oxidation sites excluding steroid dienone is 1. The molecule has 0 aromatic rings. The SMILES string of the molecule is CC/C=C/[C@@H](O)[C@@H](N)COC1OC(CO)C(O)C(O)C1O. The highest BCUT2D eigenvalue weighted by molar-refractivity contribution is 4.94. The molecule has 0 aromatic carbocycles. The van der Waals surface area contributed by atoms with Gasteiger partial charge in [0, 0.05) is 0 Å². The third-order valence-corrected chi connectivity index (χ3v) is 3.31. The van der Waals surface area contributed by atoms with Crippen LogP contribution in [0.4, 0.5) is 0 Å². The van der Waals surface area contributed by atoms with E-state index in [9.17, 15) is 20.4 Å². The summed E-state index contributed by atoms with van der Waals surface area (Å²) in [7, 11) is 0. The average molecular weight is 307 g/mol. The van der Waals surface area contributed by atoms with Crippen LogP contribution < -0.4 is 5.73 Å². The summed E-state index contributed by atoms with van der Waals surface area (Å²) >= 11 is 0. The first-order valence-electron chi connectivity index (χ1n) is 6.94. The molecule has 8 heteroatoms. The van der Waals surface area contributed by atoms with Gasteiger partial charge < -0.3 is 40.7 Å². The molecule has 1 heterocycles. The third kappa shape index (κ3) is 4.97. The van der Waals surface area contributed by atoms with Crippen LogP contribution in [0.3, 0.4) is 0 Å². The Morgan fingerprint density at radius 2 is 1.90 bits per heavy atom. The summed E-state index contributed by atoms with van der Waals surface area (Å²) in [5.74, 6) is 0. The number of nitrogens with two attached hydrogens (primary N) is 1. The normalized spacial score (nSPS) is 36.8. The molecule has 1 fully saturated rings. The lowest BCUT2D eigenvalue weighted by Gasteiger charge is -2.39. The Hall–Kier alpha value is -0.580. The monoisotopic (exact) mass is 307 g/mol. The van der Waals surface area contributed by atoms with Gasteiger partial charge in [0.05, 0.1) is 25.4 Å². The van der Waals surface area contributed by atoms with Gasteiger partial charge in [-0.2, -0.15) is 0 Å². The number of aliphatic hydroxyl groups excluding tert-OH is 5. The molecule has 7 N–H and O–H groups in total. The van der Waals surface area contributed by atoms with Crippen molar-refractivity contribution in [3.8, 4) is 0 Å². The fourth-order valence-corrected chi connectivity index (χ4v) is 1.93. The average Bonchev–Trinajstić information content (AvgIpc) is 2.49. The molecule has 0 aromatic heterocycles. The topological polar surface area (TPSA) is 146 Å². The van der Waals surface area contributed by atoms with Gasteiger partial charge in [0.15, 0.2) is 6.29 Å². The van der Waals surface area contributed by atoms with E-state index >= 15 is 0 Å². The predicted octanol–water partition coefficient (Wildman–Crippen LogP) is -2.54. The van der Waals surface area contributed by atoms with Crippen molar-refractivity contribution in [3.05, 3.63) is 12.2 Å². The van der Waals surface area contributed by atoms with Gasteiger partial charge in [-0.05, 0) is 6.42 Å². The summed E-state index contributed by atoms with van der Waals surface area (Å²) in [4.78, 5) is 0. The largest absolute Gasteiger partial charge is 0.394 e. The van der Waals surface area contributed by atoms with Crippen molar-refractivity contribution < 1.29 is 35.0 Å². The highest BCUT2D eigenvalue weighted by Crippen LogP contribution is 2.22. The molecule has 1 rings (SSSR count). The minimum Gasteiger partial charge on any atom is -0.394 e. The molecule has 0 spiro atoms. The van der Waals surface area contributed by atoms with Gasteiger partial charge in [0.1, 0.15) is 24.4 Å². The van der Waals surface area contributed by atoms with Crippen LogP contribution in [-0.2, 0) is 9.47 Å². The van der Waals surface area contributed by atoms with Crippen molar-refractivity contribution >= 4 is 0 Å². The molecule has 124 valence electrons. The summed E-state index contributed by atoms with van der Waals surface area (Å²) in [5, 5.41) is 47.7. The number of aliphatic hydroxyl groups is 5. The second-order valence-electron chi connectivity index (χ2n) is 5.02. The number of ether oxygens (including phenoxy) is 2. The van der Waals surface area contributed by atoms with E-state index in [1.807, 2.05) is 6.92 Å². The fourth-order valence-electron chi connectivity index (χ4n) is 1.93. The van der Waals surface area contributed by atoms with Crippen LogP contribution >= 0.6 is 0 Å². The van der Waals surface area contributed by atoms with Crippen LogP contribution in [0.15, 0.2) is 12.2 Å². The van der Waals surface area contributed by atoms with E-state index < -0.39 is 49.5 Å². The molecule has 0 saturated carbocycles. The van der Waals surface area contributed by atoms with Gasteiger partial charge in [-0.15, -0.1) is 0 Å². The molecule has 0 bridgehead atoms. The molecular weight excluding hydrogens is 282 g/mol. The van der Waals surface area contributed by atoms with Crippen LogP contribution in [0.2, 0.25) is 0 Å². The van der Waals surface area contributed by atoms with Crippen LogP contribution in [-0.4, -0.2) is 81.6 Å². The molecule has 1 aliphatic heterocycles. The molecule has 7 atom stereocenters. The molecule has 1 saturated heterocycles. The molecule has 8 nitrogen and oxygen atoms in total. The first-order chi connectivity index (χ1) is 9.92. The van der Waals surface area contributed by atoms with Crippen LogP contribution in [0.25, 0.3) is 0 Å². The summed E-state index contributed by atoms with van der Waals surface area (Å²) in [6.45, 7) is 1.26. The smallest absolute Gasteiger partial charge is 0.186 e. The quantitative estimate of drug-likeness (QED) is 0.282. The van der Waals surface area contributed by atoms with Gasteiger partial charge in [-0.3, -0.25) is 0 Å².